The van der Waals surface area contributed by atoms with E-state index in [1.165, 1.54) is 0 Å². The number of hydrogen-bond donors (Lipinski definition) is 2. The molecule has 1 amide bonds. The number of ether oxygens (including phenoxy) is 2. The zero-order valence-electron chi connectivity index (χ0n) is 27.5. The molecular weight excluding hydrogens is 620 g/mol. The number of nitrogens with one attached hydrogen (secondary N) is 2. The van der Waals surface area contributed by atoms with E-state index in [2.05, 4.69) is 10.3 Å². The summed E-state index contributed by atoms with van der Waals surface area (Å²) >= 11 is 0. The standard InChI is InChI=1S/C39H38N4O6/c1-4-49-38(45)39(22-27-23-40-31-13-9-8-12-30(27)31)33(26-16-14-24(2)15-17-26)36(43(46)47)34(41-39)35-32(25-10-6-5-7-11-25)37(44)42(35)28-18-20-29(48-3)21-19-28/h5-21,23,32-36,40-41H,4,22H2,1-3H3/t32-,33+,34+,35-,36+,39+/m0/s1. The molecule has 6 atom stereocenters. The molecule has 0 spiro atoms. The van der Waals surface area contributed by atoms with Gasteiger partial charge in [-0.2, -0.15) is 0 Å². The Hall–Kier alpha value is -5.48. The van der Waals surface area contributed by atoms with Crippen molar-refractivity contribution in [3.8, 4) is 5.75 Å². The second kappa shape index (κ2) is 12.9. The Morgan fingerprint density at radius 1 is 0.939 bits per heavy atom. The van der Waals surface area contributed by atoms with Gasteiger partial charge in [-0.1, -0.05) is 78.4 Å². The van der Waals surface area contributed by atoms with Crippen LogP contribution in [0.25, 0.3) is 10.9 Å². The number of nitrogens with zero attached hydrogens (tertiary/aromatic N) is 2. The average Bonchev–Trinajstić information content (AvgIpc) is 3.68. The molecule has 3 heterocycles. The molecule has 2 aliphatic rings. The molecule has 2 N–H and O–H groups in total. The molecule has 4 aromatic carbocycles. The topological polar surface area (TPSA) is 127 Å². The van der Waals surface area contributed by atoms with Crippen LogP contribution in [-0.2, 0) is 20.7 Å². The highest BCUT2D eigenvalue weighted by molar-refractivity contribution is 6.07. The number of H-pyrrole nitrogens is 1. The summed E-state index contributed by atoms with van der Waals surface area (Å²) in [5.41, 5.74) is 3.14. The van der Waals surface area contributed by atoms with Crippen molar-refractivity contribution in [1.29, 1.82) is 0 Å². The van der Waals surface area contributed by atoms with Gasteiger partial charge < -0.3 is 19.4 Å². The monoisotopic (exact) mass is 658 g/mol. The van der Waals surface area contributed by atoms with Gasteiger partial charge in [0.1, 0.15) is 11.3 Å². The highest BCUT2D eigenvalue weighted by Gasteiger charge is 2.69. The minimum absolute atomic E-state index is 0.0943. The van der Waals surface area contributed by atoms with Crippen LogP contribution in [0.2, 0.25) is 0 Å². The van der Waals surface area contributed by atoms with E-state index in [4.69, 9.17) is 9.47 Å². The Labute approximate surface area is 284 Å². The Bertz CT molecular complexity index is 1990. The van der Waals surface area contributed by atoms with E-state index in [1.807, 2.05) is 92.0 Å². The van der Waals surface area contributed by atoms with Crippen molar-refractivity contribution >= 4 is 28.5 Å². The number of benzene rings is 4. The number of aromatic nitrogens is 1. The smallest absolute Gasteiger partial charge is 0.327 e. The first kappa shape index (κ1) is 32.1. The van der Waals surface area contributed by atoms with E-state index < -0.39 is 41.5 Å². The van der Waals surface area contributed by atoms with E-state index in [9.17, 15) is 19.7 Å². The maximum absolute atomic E-state index is 14.5. The number of nitro groups is 1. The summed E-state index contributed by atoms with van der Waals surface area (Å²) in [4.78, 5) is 46.9. The lowest BCUT2D eigenvalue weighted by atomic mass is 9.71. The van der Waals surface area contributed by atoms with Crippen molar-refractivity contribution in [2.45, 2.75) is 55.8 Å². The number of carbonyl (C=O) groups is 2. The minimum Gasteiger partial charge on any atom is -0.497 e. The highest BCUT2D eigenvalue weighted by Crippen LogP contribution is 2.50. The van der Waals surface area contributed by atoms with Gasteiger partial charge in [-0.05, 0) is 60.9 Å². The van der Waals surface area contributed by atoms with Crippen LogP contribution in [0.3, 0.4) is 0 Å². The zero-order valence-corrected chi connectivity index (χ0v) is 27.5. The van der Waals surface area contributed by atoms with Crippen molar-refractivity contribution in [3.63, 3.8) is 0 Å². The number of amides is 1. The molecule has 7 rings (SSSR count). The summed E-state index contributed by atoms with van der Waals surface area (Å²) in [5.74, 6) is -1.76. The first-order valence-electron chi connectivity index (χ1n) is 16.5. The lowest BCUT2D eigenvalue weighted by Crippen LogP contribution is -2.70. The molecule has 250 valence electrons. The average molecular weight is 659 g/mol. The number of β-lactam (4-membered cyclic amide) rings is 1. The number of esters is 1. The van der Waals surface area contributed by atoms with Crippen LogP contribution in [0.5, 0.6) is 5.75 Å². The summed E-state index contributed by atoms with van der Waals surface area (Å²) in [6, 6.07) is 28.8. The van der Waals surface area contributed by atoms with Crippen LogP contribution in [-0.4, -0.2) is 59.2 Å². The van der Waals surface area contributed by atoms with Crippen molar-refractivity contribution < 1.29 is 24.0 Å². The third-order valence-corrected chi connectivity index (χ3v) is 10.1. The predicted octanol–water partition coefficient (Wildman–Crippen LogP) is 5.93. The molecule has 49 heavy (non-hydrogen) atoms. The second-order valence-corrected chi connectivity index (χ2v) is 12.8. The number of anilines is 1. The molecule has 2 aliphatic heterocycles. The molecule has 1 aromatic heterocycles. The van der Waals surface area contributed by atoms with Crippen LogP contribution in [0.15, 0.2) is 109 Å². The first-order chi connectivity index (χ1) is 23.8. The maximum Gasteiger partial charge on any atom is 0.327 e. The van der Waals surface area contributed by atoms with Gasteiger partial charge in [0.25, 0.3) is 0 Å². The number of hydrogen-bond acceptors (Lipinski definition) is 7. The van der Waals surface area contributed by atoms with Gasteiger partial charge in [0.15, 0.2) is 0 Å². The minimum atomic E-state index is -1.55. The van der Waals surface area contributed by atoms with E-state index >= 15 is 0 Å². The SMILES string of the molecule is CCOC(=O)[C@]1(Cc2c[nH]c3ccccc23)N[C@H]([C@@H]2[C@H](c3ccccc3)C(=O)N2c2ccc(OC)cc2)[C@H]([N+](=O)[O-])[C@H]1c1ccc(C)cc1. The van der Waals surface area contributed by atoms with E-state index in [0.717, 1.165) is 27.6 Å². The van der Waals surface area contributed by atoms with Crippen LogP contribution >= 0.6 is 0 Å². The molecule has 5 aromatic rings. The highest BCUT2D eigenvalue weighted by atomic mass is 16.6. The molecule has 10 nitrogen and oxygen atoms in total. The van der Waals surface area contributed by atoms with Crippen LogP contribution < -0.4 is 15.0 Å². The van der Waals surface area contributed by atoms with Crippen LogP contribution in [0.4, 0.5) is 5.69 Å². The fourth-order valence-corrected chi connectivity index (χ4v) is 7.94. The van der Waals surface area contributed by atoms with Gasteiger partial charge in [-0.3, -0.25) is 25.0 Å². The summed E-state index contributed by atoms with van der Waals surface area (Å²) < 4.78 is 11.2. The summed E-state index contributed by atoms with van der Waals surface area (Å²) in [7, 11) is 1.57. The van der Waals surface area contributed by atoms with Gasteiger partial charge in [0, 0.05) is 34.1 Å². The number of methoxy groups -OCH3 is 1. The van der Waals surface area contributed by atoms with E-state index in [0.29, 0.717) is 17.0 Å². The second-order valence-electron chi connectivity index (χ2n) is 12.8. The molecule has 2 saturated heterocycles. The van der Waals surface area contributed by atoms with Crippen molar-refractivity contribution in [2.75, 3.05) is 18.6 Å². The third kappa shape index (κ3) is 5.42. The van der Waals surface area contributed by atoms with Crippen molar-refractivity contribution in [3.05, 3.63) is 142 Å². The van der Waals surface area contributed by atoms with Crippen molar-refractivity contribution in [1.82, 2.24) is 10.3 Å². The Morgan fingerprint density at radius 3 is 2.31 bits per heavy atom. The Balaban J connectivity index is 1.44. The molecule has 0 radical (unpaired) electrons. The molecule has 10 heteroatoms. The van der Waals surface area contributed by atoms with Crippen molar-refractivity contribution in [2.24, 2.45) is 0 Å². The van der Waals surface area contributed by atoms with E-state index in [1.54, 1.807) is 43.2 Å². The van der Waals surface area contributed by atoms with Gasteiger partial charge in [-0.15, -0.1) is 0 Å². The van der Waals surface area contributed by atoms with Gasteiger partial charge in [-0.25, -0.2) is 0 Å². The number of aryl methyl sites for hydroxylation is 1. The largest absolute Gasteiger partial charge is 0.497 e. The molecule has 0 bridgehead atoms. The summed E-state index contributed by atoms with van der Waals surface area (Å²) in [5, 5.41) is 18.0. The lowest BCUT2D eigenvalue weighted by molar-refractivity contribution is -0.527. The van der Waals surface area contributed by atoms with Crippen LogP contribution in [0, 0.1) is 17.0 Å². The van der Waals surface area contributed by atoms with Gasteiger partial charge in [0.2, 0.25) is 11.9 Å². The molecule has 0 saturated carbocycles. The Morgan fingerprint density at radius 2 is 1.63 bits per heavy atom. The zero-order chi connectivity index (χ0) is 34.3. The third-order valence-electron chi connectivity index (χ3n) is 10.1. The Kier molecular flexibility index (Phi) is 8.42. The summed E-state index contributed by atoms with van der Waals surface area (Å²) in [6.45, 7) is 3.78. The van der Waals surface area contributed by atoms with E-state index in [-0.39, 0.29) is 23.9 Å². The molecule has 0 aliphatic carbocycles. The fourth-order valence-electron chi connectivity index (χ4n) is 7.94. The summed E-state index contributed by atoms with van der Waals surface area (Å²) in [6.07, 6.45) is 1.98. The molecule has 2 fully saturated rings. The number of para-hydroxylation sites is 1. The molecular formula is C39H38N4O6. The quantitative estimate of drug-likeness (QED) is 0.0825. The molecule has 0 unspecified atom stereocenters. The fraction of sp³-hybridized carbons (Fsp3) is 0.282. The first-order valence-corrected chi connectivity index (χ1v) is 16.5. The maximum atomic E-state index is 14.5. The number of rotatable bonds is 10. The van der Waals surface area contributed by atoms with Gasteiger partial charge in [0.05, 0.1) is 37.6 Å². The number of aromatic amines is 1. The predicted molar refractivity (Wildman–Crippen MR) is 186 cm³/mol. The lowest BCUT2D eigenvalue weighted by Gasteiger charge is -2.50. The van der Waals surface area contributed by atoms with Crippen LogP contribution in [0.1, 0.15) is 41.0 Å². The number of carbonyl (C=O) groups excluding carboxylic acids is 2. The normalized spacial score (nSPS) is 24.8. The van der Waals surface area contributed by atoms with Gasteiger partial charge >= 0.3 is 5.97 Å². The number of fused-ring (bicyclic) bond motifs is 1.